The summed E-state index contributed by atoms with van der Waals surface area (Å²) in [5.41, 5.74) is 2.15. The second-order valence-corrected chi connectivity index (χ2v) is 7.98. The Kier molecular flexibility index (Phi) is 5.23. The fourth-order valence-electron chi connectivity index (χ4n) is 3.26. The minimum absolute atomic E-state index is 0.0862. The fourth-order valence-corrected chi connectivity index (χ4v) is 4.08. The second-order valence-electron chi connectivity index (χ2n) is 6.20. The normalized spacial score (nSPS) is 21.9. The van der Waals surface area contributed by atoms with E-state index >= 15 is 0 Å². The van der Waals surface area contributed by atoms with Crippen molar-refractivity contribution in [1.82, 2.24) is 19.6 Å². The summed E-state index contributed by atoms with van der Waals surface area (Å²) < 4.78 is 26.2. The summed E-state index contributed by atoms with van der Waals surface area (Å²) in [7, 11) is -3.23. The molecule has 3 rings (SSSR count). The zero-order valence-electron chi connectivity index (χ0n) is 13.7. The quantitative estimate of drug-likeness (QED) is 0.851. The van der Waals surface area contributed by atoms with Crippen molar-refractivity contribution in [2.24, 2.45) is 0 Å². The maximum absolute atomic E-state index is 11.7. The Balaban J connectivity index is 1.79. The molecule has 24 heavy (non-hydrogen) atoms. The largest absolute Gasteiger partial charge is 0.293 e. The standard InChI is InChI=1S/C17H22N4O2S/c1-24(22,23)20-16-7-11-21(13-15-4-2-3-8-19-15)17(16)12-14-5-9-18-10-6-14/h2-6,8-10,16-17,20H,7,11-13H2,1H3/t16-,17+/m1/s1. The Bertz CT molecular complexity index is 753. The van der Waals surface area contributed by atoms with Crippen LogP contribution >= 0.6 is 0 Å². The van der Waals surface area contributed by atoms with E-state index in [9.17, 15) is 8.42 Å². The monoisotopic (exact) mass is 346 g/mol. The fraction of sp³-hybridized carbons (Fsp3) is 0.412. The average molecular weight is 346 g/mol. The molecule has 2 aromatic rings. The van der Waals surface area contributed by atoms with Crippen LogP contribution in [-0.2, 0) is 23.0 Å². The third-order valence-corrected chi connectivity index (χ3v) is 5.04. The van der Waals surface area contributed by atoms with Crippen molar-refractivity contribution in [3.8, 4) is 0 Å². The lowest BCUT2D eigenvalue weighted by Crippen LogP contribution is -2.45. The van der Waals surface area contributed by atoms with Gasteiger partial charge >= 0.3 is 0 Å². The van der Waals surface area contributed by atoms with E-state index in [1.165, 1.54) is 6.26 Å². The lowest BCUT2D eigenvalue weighted by atomic mass is 10.0. The highest BCUT2D eigenvalue weighted by molar-refractivity contribution is 7.88. The van der Waals surface area contributed by atoms with Crippen molar-refractivity contribution in [2.45, 2.75) is 31.5 Å². The highest BCUT2D eigenvalue weighted by Crippen LogP contribution is 2.24. The van der Waals surface area contributed by atoms with Crippen molar-refractivity contribution in [1.29, 1.82) is 0 Å². The molecule has 2 aromatic heterocycles. The van der Waals surface area contributed by atoms with Gasteiger partial charge in [0.1, 0.15) is 0 Å². The molecular weight excluding hydrogens is 324 g/mol. The van der Waals surface area contributed by atoms with Crippen LogP contribution in [0.25, 0.3) is 0 Å². The van der Waals surface area contributed by atoms with Crippen LogP contribution < -0.4 is 4.72 Å². The predicted octanol–water partition coefficient (Wildman–Crippen LogP) is 1.21. The van der Waals surface area contributed by atoms with Gasteiger partial charge in [-0.1, -0.05) is 6.07 Å². The molecule has 1 saturated heterocycles. The zero-order valence-corrected chi connectivity index (χ0v) is 14.5. The average Bonchev–Trinajstić information content (AvgIpc) is 2.90. The molecular formula is C17H22N4O2S. The number of nitrogens with one attached hydrogen (secondary N) is 1. The molecule has 128 valence electrons. The number of hydrogen-bond donors (Lipinski definition) is 1. The van der Waals surface area contributed by atoms with E-state index in [-0.39, 0.29) is 12.1 Å². The maximum Gasteiger partial charge on any atom is 0.209 e. The molecule has 0 radical (unpaired) electrons. The SMILES string of the molecule is CS(=O)(=O)N[C@@H]1CCN(Cc2ccccn2)[C@H]1Cc1ccncc1. The number of pyridine rings is 2. The first-order valence-corrected chi connectivity index (χ1v) is 9.90. The Labute approximate surface area is 143 Å². The molecule has 7 heteroatoms. The number of likely N-dealkylation sites (tertiary alicyclic amines) is 1. The van der Waals surface area contributed by atoms with Crippen LogP contribution in [0, 0.1) is 0 Å². The smallest absolute Gasteiger partial charge is 0.209 e. The van der Waals surface area contributed by atoms with Crippen LogP contribution in [0.15, 0.2) is 48.9 Å². The van der Waals surface area contributed by atoms with Crippen molar-refractivity contribution in [2.75, 3.05) is 12.8 Å². The number of hydrogen-bond acceptors (Lipinski definition) is 5. The zero-order chi connectivity index (χ0) is 17.0. The van der Waals surface area contributed by atoms with Gasteiger partial charge in [0.15, 0.2) is 0 Å². The van der Waals surface area contributed by atoms with Crippen molar-refractivity contribution in [3.05, 3.63) is 60.2 Å². The molecule has 1 aliphatic rings. The van der Waals surface area contributed by atoms with Crippen LogP contribution in [0.4, 0.5) is 0 Å². The molecule has 0 aliphatic carbocycles. The first kappa shape index (κ1) is 17.0. The van der Waals surface area contributed by atoms with E-state index in [0.717, 1.165) is 37.2 Å². The minimum atomic E-state index is -3.23. The van der Waals surface area contributed by atoms with Crippen LogP contribution in [0.3, 0.4) is 0 Å². The molecule has 0 spiro atoms. The van der Waals surface area contributed by atoms with Gasteiger partial charge in [-0.15, -0.1) is 0 Å². The van der Waals surface area contributed by atoms with E-state index < -0.39 is 10.0 Å². The van der Waals surface area contributed by atoms with E-state index in [2.05, 4.69) is 19.6 Å². The van der Waals surface area contributed by atoms with Crippen molar-refractivity contribution < 1.29 is 8.42 Å². The topological polar surface area (TPSA) is 75.2 Å². The number of sulfonamides is 1. The van der Waals surface area contributed by atoms with Crippen LogP contribution in [0.2, 0.25) is 0 Å². The third-order valence-electron chi connectivity index (χ3n) is 4.31. The van der Waals surface area contributed by atoms with Gasteiger partial charge < -0.3 is 0 Å². The number of nitrogens with zero attached hydrogens (tertiary/aromatic N) is 3. The Morgan fingerprint density at radius 1 is 1.21 bits per heavy atom. The predicted molar refractivity (Wildman–Crippen MR) is 92.8 cm³/mol. The van der Waals surface area contributed by atoms with Gasteiger partial charge in [-0.25, -0.2) is 13.1 Å². The molecule has 0 amide bonds. The molecule has 1 aliphatic heterocycles. The summed E-state index contributed by atoms with van der Waals surface area (Å²) in [4.78, 5) is 10.8. The van der Waals surface area contributed by atoms with Gasteiger partial charge in [0, 0.05) is 43.8 Å². The summed E-state index contributed by atoms with van der Waals surface area (Å²) in [5.74, 6) is 0. The highest BCUT2D eigenvalue weighted by atomic mass is 32.2. The number of aromatic nitrogens is 2. The van der Waals surface area contributed by atoms with Gasteiger partial charge in [0.05, 0.1) is 11.9 Å². The molecule has 2 atom stereocenters. The van der Waals surface area contributed by atoms with Crippen LogP contribution in [0.5, 0.6) is 0 Å². The lowest BCUT2D eigenvalue weighted by Gasteiger charge is -2.28. The minimum Gasteiger partial charge on any atom is -0.293 e. The van der Waals surface area contributed by atoms with Gasteiger partial charge in [-0.3, -0.25) is 14.9 Å². The lowest BCUT2D eigenvalue weighted by molar-refractivity contribution is 0.228. The first-order valence-electron chi connectivity index (χ1n) is 8.01. The molecule has 0 aromatic carbocycles. The summed E-state index contributed by atoms with van der Waals surface area (Å²) >= 11 is 0. The summed E-state index contributed by atoms with van der Waals surface area (Å²) in [5, 5.41) is 0. The summed E-state index contributed by atoms with van der Waals surface area (Å²) in [6.45, 7) is 1.57. The summed E-state index contributed by atoms with van der Waals surface area (Å²) in [6.07, 6.45) is 8.13. The van der Waals surface area contributed by atoms with E-state index in [1.54, 1.807) is 18.6 Å². The van der Waals surface area contributed by atoms with E-state index in [0.29, 0.717) is 0 Å². The van der Waals surface area contributed by atoms with E-state index in [4.69, 9.17) is 0 Å². The van der Waals surface area contributed by atoms with Gasteiger partial charge in [0.2, 0.25) is 10.0 Å². The van der Waals surface area contributed by atoms with Crippen molar-refractivity contribution >= 4 is 10.0 Å². The van der Waals surface area contributed by atoms with Crippen LogP contribution in [0.1, 0.15) is 17.7 Å². The molecule has 6 nitrogen and oxygen atoms in total. The first-order chi connectivity index (χ1) is 11.5. The molecule has 1 fully saturated rings. The Morgan fingerprint density at radius 3 is 2.67 bits per heavy atom. The molecule has 0 saturated carbocycles. The molecule has 0 bridgehead atoms. The van der Waals surface area contributed by atoms with Gasteiger partial charge in [-0.05, 0) is 42.7 Å². The highest BCUT2D eigenvalue weighted by Gasteiger charge is 2.35. The number of rotatable bonds is 6. The van der Waals surface area contributed by atoms with Crippen LogP contribution in [-0.4, -0.2) is 48.2 Å². The second kappa shape index (κ2) is 7.38. The van der Waals surface area contributed by atoms with E-state index in [1.807, 2.05) is 30.3 Å². The maximum atomic E-state index is 11.7. The molecule has 1 N–H and O–H groups in total. The third kappa shape index (κ3) is 4.59. The van der Waals surface area contributed by atoms with Gasteiger partial charge in [-0.2, -0.15) is 0 Å². The molecule has 3 heterocycles. The van der Waals surface area contributed by atoms with Crippen molar-refractivity contribution in [3.63, 3.8) is 0 Å². The van der Waals surface area contributed by atoms with Gasteiger partial charge in [0.25, 0.3) is 0 Å². The summed E-state index contributed by atoms with van der Waals surface area (Å²) in [6, 6.07) is 9.85. The Hall–Kier alpha value is -1.83. The Morgan fingerprint density at radius 2 is 2.00 bits per heavy atom. The molecule has 0 unspecified atom stereocenters.